The van der Waals surface area contributed by atoms with Crippen molar-refractivity contribution < 1.29 is 13.6 Å². The lowest BCUT2D eigenvalue weighted by atomic mass is 10.1. The second kappa shape index (κ2) is 4.35. The van der Waals surface area contributed by atoms with Gasteiger partial charge in [-0.05, 0) is 19.3 Å². The number of carbonyl (C=O) groups excluding carboxylic acids is 1. The number of alkyl halides is 2. The molecule has 1 saturated heterocycles. The molecule has 21 heavy (non-hydrogen) atoms. The zero-order chi connectivity index (χ0) is 14.6. The van der Waals surface area contributed by atoms with Crippen molar-refractivity contribution in [2.75, 3.05) is 24.5 Å². The van der Waals surface area contributed by atoms with Gasteiger partial charge in [-0.15, -0.1) is 0 Å². The molecule has 0 aromatic carbocycles. The molecule has 1 aromatic rings. The lowest BCUT2D eigenvalue weighted by Gasteiger charge is -2.25. The minimum atomic E-state index is -2.67. The Kier molecular flexibility index (Phi) is 2.68. The Balaban J connectivity index is 1.79. The summed E-state index contributed by atoms with van der Waals surface area (Å²) < 4.78 is 27.0. The van der Waals surface area contributed by atoms with Gasteiger partial charge in [-0.25, -0.2) is 18.7 Å². The number of hydrogen-bond acceptors (Lipinski definition) is 4. The minimum Gasteiger partial charge on any atom is -0.350 e. The average molecular weight is 294 g/mol. The number of halogens is 2. The molecule has 1 aromatic heterocycles. The predicted molar refractivity (Wildman–Crippen MR) is 71.8 cm³/mol. The smallest absolute Gasteiger partial charge is 0.270 e. The van der Waals surface area contributed by atoms with Gasteiger partial charge < -0.3 is 10.2 Å². The largest absolute Gasteiger partial charge is 0.350 e. The van der Waals surface area contributed by atoms with Crippen LogP contribution in [0.3, 0.4) is 0 Å². The van der Waals surface area contributed by atoms with Crippen molar-refractivity contribution in [3.8, 4) is 0 Å². The van der Waals surface area contributed by atoms with Gasteiger partial charge in [-0.3, -0.25) is 4.79 Å². The lowest BCUT2D eigenvalue weighted by Crippen LogP contribution is -2.36. The maximum absolute atomic E-state index is 13.5. The third-order valence-electron chi connectivity index (χ3n) is 4.29. The van der Waals surface area contributed by atoms with Crippen LogP contribution in [-0.4, -0.2) is 41.4 Å². The topological polar surface area (TPSA) is 58.1 Å². The Hall–Kier alpha value is -1.79. The fourth-order valence-corrected chi connectivity index (χ4v) is 2.99. The number of hydrogen-bond donors (Lipinski definition) is 1. The molecule has 2 aliphatic heterocycles. The highest BCUT2D eigenvalue weighted by Crippen LogP contribution is 2.40. The fourth-order valence-electron chi connectivity index (χ4n) is 2.99. The lowest BCUT2D eigenvalue weighted by molar-refractivity contribution is 0.0256. The maximum atomic E-state index is 13.5. The van der Waals surface area contributed by atoms with Crippen LogP contribution in [0.5, 0.6) is 0 Å². The van der Waals surface area contributed by atoms with E-state index in [1.54, 1.807) is 4.90 Å². The van der Waals surface area contributed by atoms with Gasteiger partial charge in [0.2, 0.25) is 0 Å². The van der Waals surface area contributed by atoms with Gasteiger partial charge in [0.15, 0.2) is 0 Å². The van der Waals surface area contributed by atoms with Crippen molar-refractivity contribution in [3.63, 3.8) is 0 Å². The molecule has 1 N–H and O–H groups in total. The van der Waals surface area contributed by atoms with E-state index in [0.29, 0.717) is 30.3 Å². The van der Waals surface area contributed by atoms with E-state index < -0.39 is 5.92 Å². The molecule has 4 rings (SSSR count). The van der Waals surface area contributed by atoms with Crippen molar-refractivity contribution in [1.82, 2.24) is 15.3 Å². The summed E-state index contributed by atoms with van der Waals surface area (Å²) in [5.74, 6) is -1.42. The highest BCUT2D eigenvalue weighted by Gasteiger charge is 2.41. The second-order valence-electron chi connectivity index (χ2n) is 6.04. The number of aromatic nitrogens is 2. The zero-order valence-electron chi connectivity index (χ0n) is 11.5. The summed E-state index contributed by atoms with van der Waals surface area (Å²) in [7, 11) is 0. The van der Waals surface area contributed by atoms with Crippen molar-refractivity contribution in [2.24, 2.45) is 0 Å². The Labute approximate surface area is 120 Å². The predicted octanol–water partition coefficient (Wildman–Crippen LogP) is 1.49. The molecule has 0 bridgehead atoms. The molecule has 0 spiro atoms. The molecule has 1 amide bonds. The summed E-state index contributed by atoms with van der Waals surface area (Å²) in [4.78, 5) is 22.5. The molecule has 2 fully saturated rings. The highest BCUT2D eigenvalue weighted by molar-refractivity contribution is 5.96. The third kappa shape index (κ3) is 2.24. The first-order chi connectivity index (χ1) is 10.0. The molecular weight excluding hydrogens is 278 g/mol. The van der Waals surface area contributed by atoms with Crippen LogP contribution < -0.4 is 10.2 Å². The Bertz CT molecular complexity index is 615. The zero-order valence-corrected chi connectivity index (χ0v) is 11.5. The quantitative estimate of drug-likeness (QED) is 0.898. The van der Waals surface area contributed by atoms with E-state index in [2.05, 4.69) is 15.3 Å². The molecule has 0 radical (unpaired) electrons. The summed E-state index contributed by atoms with van der Waals surface area (Å²) in [6, 6.07) is 0. The van der Waals surface area contributed by atoms with E-state index >= 15 is 0 Å². The van der Waals surface area contributed by atoms with Crippen LogP contribution in [0, 0.1) is 0 Å². The molecule has 0 unspecified atom stereocenters. The standard InChI is InChI=1S/C14H16F2N4O/c15-14(16)4-6-20(7-14)12-9-3-5-17-13(21)10(9)18-11(19-12)8-1-2-8/h8H,1-7H2,(H,17,21). The fraction of sp³-hybridized carbons (Fsp3) is 0.643. The van der Waals surface area contributed by atoms with Gasteiger partial charge in [-0.1, -0.05) is 0 Å². The average Bonchev–Trinajstić information content (AvgIpc) is 3.22. The van der Waals surface area contributed by atoms with Gasteiger partial charge in [0.25, 0.3) is 11.8 Å². The van der Waals surface area contributed by atoms with E-state index in [0.717, 1.165) is 18.4 Å². The summed E-state index contributed by atoms with van der Waals surface area (Å²) >= 11 is 0. The molecule has 1 saturated carbocycles. The van der Waals surface area contributed by atoms with Crippen LogP contribution >= 0.6 is 0 Å². The van der Waals surface area contributed by atoms with Gasteiger partial charge in [0.1, 0.15) is 17.3 Å². The van der Waals surface area contributed by atoms with Crippen LogP contribution in [0.25, 0.3) is 0 Å². The maximum Gasteiger partial charge on any atom is 0.270 e. The highest BCUT2D eigenvalue weighted by atomic mass is 19.3. The molecule has 3 aliphatic rings. The van der Waals surface area contributed by atoms with Crippen LogP contribution in [-0.2, 0) is 6.42 Å². The summed E-state index contributed by atoms with van der Waals surface area (Å²) in [6.07, 6.45) is 2.46. The van der Waals surface area contributed by atoms with E-state index in [4.69, 9.17) is 0 Å². The van der Waals surface area contributed by atoms with Crippen LogP contribution in [0.15, 0.2) is 0 Å². The minimum absolute atomic E-state index is 0.156. The number of rotatable bonds is 2. The second-order valence-corrected chi connectivity index (χ2v) is 6.04. The van der Waals surface area contributed by atoms with Crippen molar-refractivity contribution in [3.05, 3.63) is 17.1 Å². The molecule has 7 heteroatoms. The van der Waals surface area contributed by atoms with E-state index in [9.17, 15) is 13.6 Å². The molecule has 1 aliphatic carbocycles. The monoisotopic (exact) mass is 294 g/mol. The van der Waals surface area contributed by atoms with Crippen LogP contribution in [0.4, 0.5) is 14.6 Å². The first-order valence-corrected chi connectivity index (χ1v) is 7.35. The molecule has 3 heterocycles. The van der Waals surface area contributed by atoms with E-state index in [-0.39, 0.29) is 31.3 Å². The van der Waals surface area contributed by atoms with Gasteiger partial charge in [0.05, 0.1) is 6.54 Å². The van der Waals surface area contributed by atoms with Gasteiger partial charge in [0, 0.05) is 31.0 Å². The molecule has 0 atom stereocenters. The first-order valence-electron chi connectivity index (χ1n) is 7.35. The van der Waals surface area contributed by atoms with Crippen LogP contribution in [0.2, 0.25) is 0 Å². The van der Waals surface area contributed by atoms with E-state index in [1.165, 1.54) is 0 Å². The summed E-state index contributed by atoms with van der Waals surface area (Å²) in [5, 5.41) is 2.76. The third-order valence-corrected chi connectivity index (χ3v) is 4.29. The summed E-state index contributed by atoms with van der Waals surface area (Å²) in [6.45, 7) is 0.472. The number of nitrogens with one attached hydrogen (secondary N) is 1. The SMILES string of the molecule is O=C1NCCc2c1nc(C1CC1)nc2N1CCC(F)(F)C1. The number of fused-ring (bicyclic) bond motifs is 1. The number of anilines is 1. The van der Waals surface area contributed by atoms with Crippen LogP contribution in [0.1, 0.15) is 47.1 Å². The first kappa shape index (κ1) is 12.9. The molecule has 5 nitrogen and oxygen atoms in total. The number of amides is 1. The van der Waals surface area contributed by atoms with Crippen molar-refractivity contribution in [1.29, 1.82) is 0 Å². The van der Waals surface area contributed by atoms with Gasteiger partial charge in [-0.2, -0.15) is 0 Å². The Morgan fingerprint density at radius 2 is 2.10 bits per heavy atom. The van der Waals surface area contributed by atoms with Gasteiger partial charge >= 0.3 is 0 Å². The normalized spacial score (nSPS) is 23.9. The summed E-state index contributed by atoms with van der Waals surface area (Å²) in [5.41, 5.74) is 1.10. The molecule has 112 valence electrons. The Morgan fingerprint density at radius 3 is 2.76 bits per heavy atom. The number of nitrogens with zero attached hydrogens (tertiary/aromatic N) is 3. The van der Waals surface area contributed by atoms with Crippen molar-refractivity contribution in [2.45, 2.75) is 37.5 Å². The Morgan fingerprint density at radius 1 is 1.29 bits per heavy atom. The molecular formula is C14H16F2N4O. The van der Waals surface area contributed by atoms with Crippen molar-refractivity contribution >= 4 is 11.7 Å². The van der Waals surface area contributed by atoms with E-state index in [1.807, 2.05) is 0 Å². The number of carbonyl (C=O) groups is 1.